The summed E-state index contributed by atoms with van der Waals surface area (Å²) in [6.07, 6.45) is 9.75. The molecule has 164 valence electrons. The van der Waals surface area contributed by atoms with Gasteiger partial charge in [0.2, 0.25) is 0 Å². The zero-order chi connectivity index (χ0) is 21.5. The summed E-state index contributed by atoms with van der Waals surface area (Å²) in [7, 11) is 0. The molecule has 0 saturated carbocycles. The number of carbonyl (C=O) groups excluding carboxylic acids is 1. The monoisotopic (exact) mass is 437 g/mol. The summed E-state index contributed by atoms with van der Waals surface area (Å²) in [6.45, 7) is 5.29. The predicted octanol–water partition coefficient (Wildman–Crippen LogP) is 4.63. The van der Waals surface area contributed by atoms with E-state index in [2.05, 4.69) is 32.1 Å². The molecule has 0 radical (unpaired) electrons. The maximum Gasteiger partial charge on any atom is 0.251 e. The van der Waals surface area contributed by atoms with Gasteiger partial charge in [0.25, 0.3) is 5.91 Å². The summed E-state index contributed by atoms with van der Waals surface area (Å²) in [5.41, 5.74) is 3.75. The molecule has 1 saturated heterocycles. The summed E-state index contributed by atoms with van der Waals surface area (Å²) < 4.78 is 0. The van der Waals surface area contributed by atoms with Gasteiger partial charge in [0.15, 0.2) is 5.16 Å². The molecule has 1 amide bonds. The lowest BCUT2D eigenvalue weighted by atomic mass is 10.00. The Bertz CT molecular complexity index is 954. The number of aromatic amines is 1. The summed E-state index contributed by atoms with van der Waals surface area (Å²) in [5, 5.41) is 3.95. The van der Waals surface area contributed by atoms with E-state index < -0.39 is 0 Å². The van der Waals surface area contributed by atoms with Crippen LogP contribution < -0.4 is 5.32 Å². The molecule has 0 spiro atoms. The van der Waals surface area contributed by atoms with Crippen molar-refractivity contribution in [3.63, 3.8) is 0 Å². The Kier molecular flexibility index (Phi) is 7.59. The normalized spacial score (nSPS) is 17.1. The van der Waals surface area contributed by atoms with Crippen LogP contribution in [0.2, 0.25) is 0 Å². The van der Waals surface area contributed by atoms with Crippen molar-refractivity contribution in [3.05, 3.63) is 53.9 Å². The molecule has 31 heavy (non-hydrogen) atoms. The van der Waals surface area contributed by atoms with Crippen LogP contribution >= 0.6 is 11.8 Å². The fourth-order valence-electron chi connectivity index (χ4n) is 4.21. The number of hydrogen-bond donors (Lipinski definition) is 2. The Balaban J connectivity index is 1.20. The smallest absolute Gasteiger partial charge is 0.251 e. The lowest BCUT2D eigenvalue weighted by Crippen LogP contribution is -2.40. The fraction of sp³-hybridized carbons (Fsp3) is 0.458. The Morgan fingerprint density at radius 2 is 2.13 bits per heavy atom. The molecule has 3 aromatic rings. The Morgan fingerprint density at radius 1 is 1.26 bits per heavy atom. The van der Waals surface area contributed by atoms with E-state index in [0.29, 0.717) is 5.56 Å². The predicted molar refractivity (Wildman–Crippen MR) is 126 cm³/mol. The molecule has 4 rings (SSSR count). The number of hydrogen-bond acceptors (Lipinski definition) is 5. The highest BCUT2D eigenvalue weighted by Gasteiger charge is 2.19. The molecule has 2 aromatic heterocycles. The summed E-state index contributed by atoms with van der Waals surface area (Å²) >= 11 is 1.65. The number of thioether (sulfide) groups is 1. The van der Waals surface area contributed by atoms with Crippen molar-refractivity contribution in [1.82, 2.24) is 25.2 Å². The second-order valence-corrected chi connectivity index (χ2v) is 9.09. The van der Waals surface area contributed by atoms with Gasteiger partial charge in [-0.25, -0.2) is 4.98 Å². The highest BCUT2D eigenvalue weighted by molar-refractivity contribution is 7.98. The minimum atomic E-state index is 0.00896. The van der Waals surface area contributed by atoms with Crippen LogP contribution in [-0.2, 0) is 5.75 Å². The second kappa shape index (κ2) is 10.8. The molecule has 1 aromatic carbocycles. The molecule has 7 heteroatoms. The molecule has 6 nitrogen and oxygen atoms in total. The average molecular weight is 438 g/mol. The molecule has 1 fully saturated rings. The number of imidazole rings is 1. The van der Waals surface area contributed by atoms with Gasteiger partial charge in [-0.15, -0.1) is 0 Å². The first kappa shape index (κ1) is 21.8. The van der Waals surface area contributed by atoms with E-state index >= 15 is 0 Å². The number of piperidine rings is 1. The molecule has 1 aliphatic heterocycles. The van der Waals surface area contributed by atoms with Crippen LogP contribution in [-0.4, -0.2) is 51.4 Å². The highest BCUT2D eigenvalue weighted by Crippen LogP contribution is 2.23. The van der Waals surface area contributed by atoms with Crippen LogP contribution in [0.3, 0.4) is 0 Å². The van der Waals surface area contributed by atoms with E-state index in [1.54, 1.807) is 24.2 Å². The van der Waals surface area contributed by atoms with Crippen molar-refractivity contribution in [1.29, 1.82) is 0 Å². The topological polar surface area (TPSA) is 73.9 Å². The lowest BCUT2D eigenvalue weighted by Gasteiger charge is -2.35. The second-order valence-electron chi connectivity index (χ2n) is 8.12. The summed E-state index contributed by atoms with van der Waals surface area (Å²) in [4.78, 5) is 27.0. The molecular formula is C24H31N5OS. The first-order valence-corrected chi connectivity index (χ1v) is 12.2. The Labute approximate surface area is 188 Å². The van der Waals surface area contributed by atoms with Crippen LogP contribution in [0.1, 0.15) is 54.9 Å². The third-order valence-corrected chi connectivity index (χ3v) is 6.93. The number of nitrogens with zero attached hydrogens (tertiary/aromatic N) is 3. The number of aromatic nitrogens is 3. The quantitative estimate of drug-likeness (QED) is 0.377. The van der Waals surface area contributed by atoms with E-state index in [-0.39, 0.29) is 5.91 Å². The van der Waals surface area contributed by atoms with Crippen LogP contribution in [0.25, 0.3) is 11.0 Å². The van der Waals surface area contributed by atoms with Gasteiger partial charge < -0.3 is 15.2 Å². The number of H-pyrrole nitrogens is 1. The molecule has 3 heterocycles. The van der Waals surface area contributed by atoms with Gasteiger partial charge in [-0.3, -0.25) is 9.78 Å². The number of pyridine rings is 1. The van der Waals surface area contributed by atoms with Crippen molar-refractivity contribution >= 4 is 28.7 Å². The number of amides is 1. The van der Waals surface area contributed by atoms with Crippen molar-refractivity contribution in [2.75, 3.05) is 19.6 Å². The van der Waals surface area contributed by atoms with Crippen molar-refractivity contribution in [3.8, 4) is 0 Å². The first-order chi connectivity index (χ1) is 15.2. The molecule has 1 atom stereocenters. The van der Waals surface area contributed by atoms with Crippen LogP contribution in [0.4, 0.5) is 0 Å². The third kappa shape index (κ3) is 5.86. The van der Waals surface area contributed by atoms with Crippen LogP contribution in [0.15, 0.2) is 47.9 Å². The van der Waals surface area contributed by atoms with Gasteiger partial charge in [0.1, 0.15) is 0 Å². The fourth-order valence-corrected chi connectivity index (χ4v) is 5.05. The summed E-state index contributed by atoms with van der Waals surface area (Å²) in [5.74, 6) is 0.804. The minimum Gasteiger partial charge on any atom is -0.352 e. The SMILES string of the molecule is CCC1CCCCN1CCCNC(=O)c1ccc(CSc2nc3ccncc3[nH]2)cc1. The molecule has 1 unspecified atom stereocenters. The molecule has 1 aliphatic rings. The molecule has 2 N–H and O–H groups in total. The number of likely N-dealkylation sites (tertiary alicyclic amines) is 1. The van der Waals surface area contributed by atoms with Gasteiger partial charge in [0, 0.05) is 36.6 Å². The standard InChI is InChI=1S/C24H31N5OS/c1-2-20-6-3-4-14-29(20)15-5-12-26-23(30)19-9-7-18(8-10-19)17-31-24-27-21-11-13-25-16-22(21)28-24/h7-11,13,16,20H,2-6,12,14-15,17H2,1H3,(H,26,30)(H,27,28). The zero-order valence-corrected chi connectivity index (χ0v) is 19.0. The molecule has 0 bridgehead atoms. The maximum atomic E-state index is 12.5. The summed E-state index contributed by atoms with van der Waals surface area (Å²) in [6, 6.07) is 10.5. The number of fused-ring (bicyclic) bond motifs is 1. The molecule has 0 aliphatic carbocycles. The van der Waals surface area contributed by atoms with E-state index in [1.165, 1.54) is 32.2 Å². The number of benzene rings is 1. The Hall–Kier alpha value is -2.38. The lowest BCUT2D eigenvalue weighted by molar-refractivity contribution is 0.0947. The van der Waals surface area contributed by atoms with Crippen molar-refractivity contribution < 1.29 is 4.79 Å². The Morgan fingerprint density at radius 3 is 2.94 bits per heavy atom. The van der Waals surface area contributed by atoms with Gasteiger partial charge >= 0.3 is 0 Å². The van der Waals surface area contributed by atoms with Gasteiger partial charge in [-0.1, -0.05) is 37.2 Å². The maximum absolute atomic E-state index is 12.5. The molecular weight excluding hydrogens is 406 g/mol. The third-order valence-electron chi connectivity index (χ3n) is 5.98. The van der Waals surface area contributed by atoms with Crippen molar-refractivity contribution in [2.45, 2.75) is 56.0 Å². The van der Waals surface area contributed by atoms with E-state index in [1.807, 2.05) is 30.3 Å². The minimum absolute atomic E-state index is 0.00896. The van der Waals surface area contributed by atoms with Gasteiger partial charge in [-0.2, -0.15) is 0 Å². The van der Waals surface area contributed by atoms with Gasteiger partial charge in [0.05, 0.1) is 17.2 Å². The number of nitrogens with one attached hydrogen (secondary N) is 2. The van der Waals surface area contributed by atoms with Crippen LogP contribution in [0, 0.1) is 0 Å². The van der Waals surface area contributed by atoms with Crippen LogP contribution in [0.5, 0.6) is 0 Å². The average Bonchev–Trinajstić information content (AvgIpc) is 3.24. The first-order valence-electron chi connectivity index (χ1n) is 11.3. The zero-order valence-electron chi connectivity index (χ0n) is 18.1. The number of rotatable bonds is 9. The van der Waals surface area contributed by atoms with Gasteiger partial charge in [-0.05, 0) is 56.0 Å². The van der Waals surface area contributed by atoms with Crippen molar-refractivity contribution in [2.24, 2.45) is 0 Å². The van der Waals surface area contributed by atoms with E-state index in [0.717, 1.165) is 53.1 Å². The van der Waals surface area contributed by atoms with E-state index in [4.69, 9.17) is 0 Å². The largest absolute Gasteiger partial charge is 0.352 e. The van der Waals surface area contributed by atoms with E-state index in [9.17, 15) is 4.79 Å². The number of carbonyl (C=O) groups is 1. The highest BCUT2D eigenvalue weighted by atomic mass is 32.2.